The molecule has 3 aromatic rings. The quantitative estimate of drug-likeness (QED) is 0.587. The minimum atomic E-state index is -4.85. The number of nitrogens with one attached hydrogen (secondary N) is 1. The van der Waals surface area contributed by atoms with E-state index < -0.39 is 23.5 Å². The maximum Gasteiger partial charge on any atom is 0.419 e. The summed E-state index contributed by atoms with van der Waals surface area (Å²) in [5.74, 6) is -1.88. The molecule has 0 atom stereocenters. The fourth-order valence-corrected chi connectivity index (χ4v) is 2.53. The van der Waals surface area contributed by atoms with Gasteiger partial charge in [-0.2, -0.15) is 13.2 Å². The number of pyridine rings is 1. The van der Waals surface area contributed by atoms with E-state index in [1.165, 1.54) is 24.3 Å². The molecular weight excluding hydrogens is 390 g/mol. The molecule has 0 saturated carbocycles. The number of nitrogens with zero attached hydrogens (tertiary/aromatic N) is 1. The van der Waals surface area contributed by atoms with Gasteiger partial charge in [-0.15, -0.1) is 0 Å². The van der Waals surface area contributed by atoms with Gasteiger partial charge in [0.05, 0.1) is 11.1 Å². The number of aromatic nitrogens is 1. The molecule has 0 fully saturated rings. The van der Waals surface area contributed by atoms with E-state index in [0.29, 0.717) is 23.5 Å². The van der Waals surface area contributed by atoms with Gasteiger partial charge >= 0.3 is 6.18 Å². The van der Waals surface area contributed by atoms with E-state index in [0.717, 1.165) is 6.07 Å². The Balaban J connectivity index is 1.79. The molecule has 0 spiro atoms. The van der Waals surface area contributed by atoms with E-state index in [1.807, 2.05) is 0 Å². The van der Waals surface area contributed by atoms with Gasteiger partial charge in [0.2, 0.25) is 0 Å². The first-order valence-corrected chi connectivity index (χ1v) is 8.32. The lowest BCUT2D eigenvalue weighted by atomic mass is 10.2. The molecule has 0 aliphatic carbocycles. The molecule has 5 nitrogen and oxygen atoms in total. The maximum absolute atomic E-state index is 13.4. The van der Waals surface area contributed by atoms with Crippen molar-refractivity contribution in [2.75, 3.05) is 11.1 Å². The van der Waals surface area contributed by atoms with Crippen molar-refractivity contribution in [3.8, 4) is 11.5 Å². The summed E-state index contributed by atoms with van der Waals surface area (Å²) in [6.07, 6.45) is -4.85. The number of amides is 1. The standard InChI is InChI=1S/C20H15F4N3O2/c1-11-5-7-15(18(25)26-11)19(28)27-12-3-2-4-13(9-12)29-14-6-8-17(21)16(10-14)20(22,23)24/h2-10H,1H3,(H2,25,26)(H,27,28). The lowest BCUT2D eigenvalue weighted by molar-refractivity contribution is -0.140. The van der Waals surface area contributed by atoms with Crippen molar-refractivity contribution in [2.45, 2.75) is 13.1 Å². The fraction of sp³-hybridized carbons (Fsp3) is 0.100. The Kier molecular flexibility index (Phi) is 5.40. The van der Waals surface area contributed by atoms with E-state index in [-0.39, 0.29) is 22.9 Å². The van der Waals surface area contributed by atoms with Crippen molar-refractivity contribution in [1.29, 1.82) is 0 Å². The Labute approximate surface area is 163 Å². The molecule has 1 amide bonds. The number of halogens is 4. The van der Waals surface area contributed by atoms with Crippen LogP contribution in [0.2, 0.25) is 0 Å². The van der Waals surface area contributed by atoms with Crippen LogP contribution in [-0.4, -0.2) is 10.9 Å². The van der Waals surface area contributed by atoms with Gasteiger partial charge in [-0.3, -0.25) is 4.79 Å². The molecule has 0 bridgehead atoms. The molecule has 9 heteroatoms. The fourth-order valence-electron chi connectivity index (χ4n) is 2.53. The molecule has 3 rings (SSSR count). The maximum atomic E-state index is 13.4. The molecule has 150 valence electrons. The predicted octanol–water partition coefficient (Wildman–Crippen LogP) is 5.17. The van der Waals surface area contributed by atoms with Crippen molar-refractivity contribution < 1.29 is 27.1 Å². The highest BCUT2D eigenvalue weighted by Crippen LogP contribution is 2.35. The van der Waals surface area contributed by atoms with Gasteiger partial charge in [-0.1, -0.05) is 6.07 Å². The van der Waals surface area contributed by atoms with E-state index in [1.54, 1.807) is 19.1 Å². The van der Waals surface area contributed by atoms with Crippen LogP contribution in [0.15, 0.2) is 54.6 Å². The third-order valence-corrected chi connectivity index (χ3v) is 3.88. The van der Waals surface area contributed by atoms with Crippen LogP contribution in [0.3, 0.4) is 0 Å². The second kappa shape index (κ2) is 7.78. The third-order valence-electron chi connectivity index (χ3n) is 3.88. The SMILES string of the molecule is Cc1ccc(C(=O)Nc2cccc(Oc3ccc(F)c(C(F)(F)F)c3)c2)c(N)n1. The molecule has 0 aliphatic rings. The summed E-state index contributed by atoms with van der Waals surface area (Å²) in [5.41, 5.74) is 5.48. The first-order valence-electron chi connectivity index (χ1n) is 8.32. The van der Waals surface area contributed by atoms with E-state index >= 15 is 0 Å². The van der Waals surface area contributed by atoms with Crippen LogP contribution in [0.1, 0.15) is 21.6 Å². The first-order chi connectivity index (χ1) is 13.6. The third kappa shape index (κ3) is 4.81. The van der Waals surface area contributed by atoms with Gasteiger partial charge in [0, 0.05) is 17.4 Å². The van der Waals surface area contributed by atoms with Gasteiger partial charge in [0.15, 0.2) is 0 Å². The average Bonchev–Trinajstić information content (AvgIpc) is 2.62. The molecule has 1 heterocycles. The van der Waals surface area contributed by atoms with Gasteiger partial charge < -0.3 is 15.8 Å². The van der Waals surface area contributed by atoms with Crippen molar-refractivity contribution >= 4 is 17.4 Å². The second-order valence-corrected chi connectivity index (χ2v) is 6.11. The number of benzene rings is 2. The average molecular weight is 405 g/mol. The van der Waals surface area contributed by atoms with Crippen molar-refractivity contribution in [1.82, 2.24) is 4.98 Å². The van der Waals surface area contributed by atoms with Crippen LogP contribution < -0.4 is 15.8 Å². The highest BCUT2D eigenvalue weighted by atomic mass is 19.4. The van der Waals surface area contributed by atoms with E-state index in [9.17, 15) is 22.4 Å². The van der Waals surface area contributed by atoms with Crippen LogP contribution in [0, 0.1) is 12.7 Å². The summed E-state index contributed by atoms with van der Waals surface area (Å²) in [5, 5.41) is 2.61. The Hall–Kier alpha value is -3.62. The minimum absolute atomic E-state index is 0.0703. The monoisotopic (exact) mass is 405 g/mol. The Morgan fingerprint density at radius 1 is 1.07 bits per heavy atom. The highest BCUT2D eigenvalue weighted by Gasteiger charge is 2.34. The number of aryl methyl sites for hydroxylation is 1. The van der Waals surface area contributed by atoms with Crippen LogP contribution in [0.25, 0.3) is 0 Å². The Bertz CT molecular complexity index is 1070. The smallest absolute Gasteiger partial charge is 0.419 e. The van der Waals surface area contributed by atoms with E-state index in [4.69, 9.17) is 10.5 Å². The lowest BCUT2D eigenvalue weighted by Crippen LogP contribution is -2.15. The van der Waals surface area contributed by atoms with Crippen LogP contribution in [0.5, 0.6) is 11.5 Å². The first kappa shape index (κ1) is 20.1. The summed E-state index contributed by atoms with van der Waals surface area (Å²) in [6.45, 7) is 1.73. The number of ether oxygens (including phenoxy) is 1. The number of rotatable bonds is 4. The zero-order valence-corrected chi connectivity index (χ0v) is 15.0. The van der Waals surface area contributed by atoms with Crippen molar-refractivity contribution in [2.24, 2.45) is 0 Å². The van der Waals surface area contributed by atoms with Gasteiger partial charge in [-0.25, -0.2) is 9.37 Å². The summed E-state index contributed by atoms with van der Waals surface area (Å²) in [7, 11) is 0. The highest BCUT2D eigenvalue weighted by molar-refractivity contribution is 6.07. The van der Waals surface area contributed by atoms with Gasteiger partial charge in [0.25, 0.3) is 5.91 Å². The minimum Gasteiger partial charge on any atom is -0.457 e. The molecule has 2 aromatic carbocycles. The molecular formula is C20H15F4N3O2. The van der Waals surface area contributed by atoms with Crippen LogP contribution in [-0.2, 0) is 6.18 Å². The number of nitrogen functional groups attached to an aromatic ring is 1. The Morgan fingerprint density at radius 3 is 2.48 bits per heavy atom. The molecule has 0 unspecified atom stereocenters. The second-order valence-electron chi connectivity index (χ2n) is 6.11. The summed E-state index contributed by atoms with van der Waals surface area (Å²) >= 11 is 0. The Morgan fingerprint density at radius 2 is 1.79 bits per heavy atom. The number of alkyl halides is 3. The van der Waals surface area contributed by atoms with Crippen LogP contribution in [0.4, 0.5) is 29.1 Å². The summed E-state index contributed by atoms with van der Waals surface area (Å²) in [4.78, 5) is 16.4. The zero-order valence-electron chi connectivity index (χ0n) is 15.0. The van der Waals surface area contributed by atoms with Crippen LogP contribution >= 0.6 is 0 Å². The summed E-state index contributed by atoms with van der Waals surface area (Å²) < 4.78 is 57.3. The largest absolute Gasteiger partial charge is 0.457 e. The molecule has 0 saturated heterocycles. The number of hydrogen-bond acceptors (Lipinski definition) is 4. The summed E-state index contributed by atoms with van der Waals surface area (Å²) in [6, 6.07) is 11.5. The molecule has 1 aromatic heterocycles. The van der Waals surface area contributed by atoms with Gasteiger partial charge in [-0.05, 0) is 49.4 Å². The zero-order chi connectivity index (χ0) is 21.2. The van der Waals surface area contributed by atoms with Crippen molar-refractivity contribution in [3.63, 3.8) is 0 Å². The number of carbonyl (C=O) groups is 1. The number of hydrogen-bond donors (Lipinski definition) is 2. The van der Waals surface area contributed by atoms with Gasteiger partial charge in [0.1, 0.15) is 23.1 Å². The number of anilines is 2. The predicted molar refractivity (Wildman–Crippen MR) is 99.3 cm³/mol. The number of nitrogens with two attached hydrogens (primary N) is 1. The molecule has 29 heavy (non-hydrogen) atoms. The molecule has 0 radical (unpaired) electrons. The normalized spacial score (nSPS) is 11.2. The van der Waals surface area contributed by atoms with Crippen molar-refractivity contribution in [3.05, 3.63) is 77.2 Å². The lowest BCUT2D eigenvalue weighted by Gasteiger charge is -2.12. The van der Waals surface area contributed by atoms with E-state index in [2.05, 4.69) is 10.3 Å². The molecule has 3 N–H and O–H groups in total. The molecule has 0 aliphatic heterocycles. The topological polar surface area (TPSA) is 77.2 Å². The number of carbonyl (C=O) groups excluding carboxylic acids is 1.